The Labute approximate surface area is 174 Å². The van der Waals surface area contributed by atoms with Gasteiger partial charge in [-0.05, 0) is 37.1 Å². The highest BCUT2D eigenvalue weighted by Gasteiger charge is 2.15. The molecule has 4 aromatic rings. The molecule has 0 radical (unpaired) electrons. The van der Waals surface area contributed by atoms with Gasteiger partial charge in [0.15, 0.2) is 0 Å². The number of carbonyl (C=O) groups is 1. The van der Waals surface area contributed by atoms with Gasteiger partial charge in [-0.25, -0.2) is 9.20 Å². The van der Waals surface area contributed by atoms with Crippen LogP contribution in [0.1, 0.15) is 16.7 Å². The maximum absolute atomic E-state index is 12.9. The summed E-state index contributed by atoms with van der Waals surface area (Å²) in [4.78, 5) is 27.1. The first-order valence-corrected chi connectivity index (χ1v) is 9.73. The highest BCUT2D eigenvalue weighted by molar-refractivity contribution is 5.76. The zero-order valence-corrected chi connectivity index (χ0v) is 17.2. The van der Waals surface area contributed by atoms with Crippen molar-refractivity contribution >= 4 is 11.4 Å². The quantitative estimate of drug-likeness (QED) is 0.516. The molecule has 4 rings (SSSR count). The lowest BCUT2D eigenvalue weighted by atomic mass is 10.0. The topological polar surface area (TPSA) is 72.5 Å². The van der Waals surface area contributed by atoms with Gasteiger partial charge >= 0.3 is 0 Å². The number of amides is 1. The van der Waals surface area contributed by atoms with Gasteiger partial charge in [0, 0.05) is 19.2 Å². The van der Waals surface area contributed by atoms with Gasteiger partial charge in [0.25, 0.3) is 5.56 Å². The summed E-state index contributed by atoms with van der Waals surface area (Å²) < 4.78 is 2.65. The normalized spacial score (nSPS) is 11.0. The molecule has 0 atom stereocenters. The van der Waals surface area contributed by atoms with Crippen molar-refractivity contribution in [2.75, 3.05) is 7.05 Å². The van der Waals surface area contributed by atoms with Crippen molar-refractivity contribution in [3.8, 4) is 11.3 Å². The van der Waals surface area contributed by atoms with E-state index in [4.69, 9.17) is 0 Å². The molecule has 0 saturated heterocycles. The number of hydrogen-bond donors (Lipinski definition) is 0. The molecule has 0 saturated carbocycles. The molecule has 0 fully saturated rings. The minimum Gasteiger partial charge on any atom is -0.340 e. The second kappa shape index (κ2) is 7.94. The molecule has 2 heterocycles. The molecule has 0 spiro atoms. The molecular formula is C23H23N5O2. The molecule has 0 unspecified atom stereocenters. The van der Waals surface area contributed by atoms with Crippen molar-refractivity contribution in [1.82, 2.24) is 24.3 Å². The molecule has 152 valence electrons. The van der Waals surface area contributed by atoms with Gasteiger partial charge < -0.3 is 4.90 Å². The molecule has 2 aromatic heterocycles. The minimum atomic E-state index is -0.344. The Morgan fingerprint density at radius 2 is 1.83 bits per heavy atom. The molecule has 0 aliphatic heterocycles. The summed E-state index contributed by atoms with van der Waals surface area (Å²) in [5.41, 5.74) is 4.95. The first-order chi connectivity index (χ1) is 14.4. The van der Waals surface area contributed by atoms with Crippen molar-refractivity contribution in [3.05, 3.63) is 88.0 Å². The average Bonchev–Trinajstić information content (AvgIpc) is 3.17. The Bertz CT molecular complexity index is 1270. The summed E-state index contributed by atoms with van der Waals surface area (Å²) >= 11 is 0. The van der Waals surface area contributed by atoms with Crippen LogP contribution in [0.2, 0.25) is 0 Å². The van der Waals surface area contributed by atoms with Crippen LogP contribution in [0.15, 0.2) is 65.7 Å². The van der Waals surface area contributed by atoms with Crippen LogP contribution < -0.4 is 5.56 Å². The number of aryl methyl sites for hydroxylation is 2. The van der Waals surface area contributed by atoms with Crippen molar-refractivity contribution in [2.24, 2.45) is 0 Å². The van der Waals surface area contributed by atoms with E-state index < -0.39 is 0 Å². The van der Waals surface area contributed by atoms with Crippen LogP contribution in [-0.4, -0.2) is 37.2 Å². The third kappa shape index (κ3) is 3.87. The molecule has 0 aliphatic carbocycles. The van der Waals surface area contributed by atoms with Crippen molar-refractivity contribution in [1.29, 1.82) is 0 Å². The number of likely N-dealkylation sites (N-methyl/N-ethyl adjacent to an activating group) is 1. The fourth-order valence-corrected chi connectivity index (χ4v) is 3.39. The van der Waals surface area contributed by atoms with E-state index in [1.165, 1.54) is 15.5 Å². The van der Waals surface area contributed by atoms with Crippen molar-refractivity contribution in [3.63, 3.8) is 0 Å². The molecule has 7 nitrogen and oxygen atoms in total. The Kier molecular flexibility index (Phi) is 5.18. The van der Waals surface area contributed by atoms with E-state index in [1.54, 1.807) is 18.0 Å². The number of benzene rings is 2. The van der Waals surface area contributed by atoms with Gasteiger partial charge in [-0.3, -0.25) is 9.59 Å². The molecule has 0 bridgehead atoms. The van der Waals surface area contributed by atoms with Crippen LogP contribution in [0.3, 0.4) is 0 Å². The molecule has 1 amide bonds. The summed E-state index contributed by atoms with van der Waals surface area (Å²) in [5, 5.41) is 8.64. The third-order valence-corrected chi connectivity index (χ3v) is 5.13. The monoisotopic (exact) mass is 401 g/mol. The first-order valence-electron chi connectivity index (χ1n) is 9.73. The highest BCUT2D eigenvalue weighted by Crippen LogP contribution is 2.23. The standard InChI is InChI=1S/C23H23N5O2/c1-16-9-10-17(2)19(11-16)20-12-21-23(30)27(24-15-28(21)25-20)14-22(29)26(3)13-18-7-5-4-6-8-18/h4-12,15H,13-14H2,1-3H3. The SMILES string of the molecule is Cc1ccc(C)c(-c2cc3c(=O)n(CC(=O)N(C)Cc4ccccc4)ncn3n2)c1. The van der Waals surface area contributed by atoms with Crippen LogP contribution in [0.25, 0.3) is 16.8 Å². The van der Waals surface area contributed by atoms with Gasteiger partial charge in [0.1, 0.15) is 18.4 Å². The number of fused-ring (bicyclic) bond motifs is 1. The number of hydrogen-bond acceptors (Lipinski definition) is 4. The van der Waals surface area contributed by atoms with Crippen LogP contribution in [0, 0.1) is 13.8 Å². The van der Waals surface area contributed by atoms with Crippen molar-refractivity contribution < 1.29 is 4.79 Å². The third-order valence-electron chi connectivity index (χ3n) is 5.13. The number of aromatic nitrogens is 4. The van der Waals surface area contributed by atoms with E-state index in [1.807, 2.05) is 62.4 Å². The summed E-state index contributed by atoms with van der Waals surface area (Å²) in [5.74, 6) is -0.188. The minimum absolute atomic E-state index is 0.122. The Balaban J connectivity index is 1.60. The smallest absolute Gasteiger partial charge is 0.293 e. The van der Waals surface area contributed by atoms with Gasteiger partial charge in [-0.2, -0.15) is 10.2 Å². The molecular weight excluding hydrogens is 378 g/mol. The number of rotatable bonds is 5. The fraction of sp³-hybridized carbons (Fsp3) is 0.217. The highest BCUT2D eigenvalue weighted by atomic mass is 16.2. The Morgan fingerprint density at radius 3 is 2.60 bits per heavy atom. The lowest BCUT2D eigenvalue weighted by molar-refractivity contribution is -0.131. The van der Waals surface area contributed by atoms with Crippen LogP contribution >= 0.6 is 0 Å². The zero-order chi connectivity index (χ0) is 21.3. The first kappa shape index (κ1) is 19.6. The second-order valence-corrected chi connectivity index (χ2v) is 7.51. The number of carbonyl (C=O) groups excluding carboxylic acids is 1. The second-order valence-electron chi connectivity index (χ2n) is 7.51. The summed E-state index contributed by atoms with van der Waals surface area (Å²) in [6, 6.07) is 17.6. The van der Waals surface area contributed by atoms with E-state index in [-0.39, 0.29) is 18.0 Å². The van der Waals surface area contributed by atoms with Gasteiger partial charge in [-0.15, -0.1) is 0 Å². The zero-order valence-electron chi connectivity index (χ0n) is 17.2. The average molecular weight is 401 g/mol. The van der Waals surface area contributed by atoms with Crippen LogP contribution in [0.5, 0.6) is 0 Å². The fourth-order valence-electron chi connectivity index (χ4n) is 3.39. The maximum Gasteiger partial charge on any atom is 0.293 e. The largest absolute Gasteiger partial charge is 0.340 e. The molecule has 0 N–H and O–H groups in total. The van der Waals surface area contributed by atoms with E-state index in [2.05, 4.69) is 10.2 Å². The van der Waals surface area contributed by atoms with Gasteiger partial charge in [0.05, 0.1) is 5.69 Å². The van der Waals surface area contributed by atoms with Gasteiger partial charge in [0.2, 0.25) is 5.91 Å². The van der Waals surface area contributed by atoms with E-state index in [0.717, 1.165) is 22.3 Å². The van der Waals surface area contributed by atoms with Crippen LogP contribution in [0.4, 0.5) is 0 Å². The Hall–Kier alpha value is -3.74. The number of nitrogens with zero attached hydrogens (tertiary/aromatic N) is 5. The van der Waals surface area contributed by atoms with E-state index >= 15 is 0 Å². The molecule has 0 aliphatic rings. The molecule has 2 aromatic carbocycles. The summed E-state index contributed by atoms with van der Waals surface area (Å²) in [6.07, 6.45) is 1.47. The summed E-state index contributed by atoms with van der Waals surface area (Å²) in [6.45, 7) is 4.38. The lowest BCUT2D eigenvalue weighted by Gasteiger charge is -2.17. The Morgan fingerprint density at radius 1 is 1.07 bits per heavy atom. The molecule has 30 heavy (non-hydrogen) atoms. The molecule has 7 heteroatoms. The van der Waals surface area contributed by atoms with E-state index in [9.17, 15) is 9.59 Å². The predicted octanol–water partition coefficient (Wildman–Crippen LogP) is 2.83. The maximum atomic E-state index is 12.9. The lowest BCUT2D eigenvalue weighted by Crippen LogP contribution is -2.35. The van der Waals surface area contributed by atoms with E-state index in [0.29, 0.717) is 17.8 Å². The van der Waals surface area contributed by atoms with Gasteiger partial charge in [-0.1, -0.05) is 48.0 Å². The summed E-state index contributed by atoms with van der Waals surface area (Å²) in [7, 11) is 1.72. The van der Waals surface area contributed by atoms with Crippen LogP contribution in [-0.2, 0) is 17.9 Å². The van der Waals surface area contributed by atoms with Crippen molar-refractivity contribution in [2.45, 2.75) is 26.9 Å². The predicted molar refractivity (Wildman–Crippen MR) is 115 cm³/mol.